The van der Waals surface area contributed by atoms with E-state index in [0.717, 1.165) is 21.6 Å². The molecule has 1 atom stereocenters. The highest BCUT2D eigenvalue weighted by Crippen LogP contribution is 2.38. The highest BCUT2D eigenvalue weighted by Gasteiger charge is 2.35. The third-order valence-corrected chi connectivity index (χ3v) is 10.2. The molecule has 0 N–H and O–H groups in total. The van der Waals surface area contributed by atoms with Gasteiger partial charge in [0.15, 0.2) is 16.3 Å². The molecule has 1 aromatic heterocycles. The highest BCUT2D eigenvalue weighted by molar-refractivity contribution is 7.98. The smallest absolute Gasteiger partial charge is 0.338 e. The molecule has 0 radical (unpaired) electrons. The topological polar surface area (TPSA) is 105 Å². The number of esters is 2. The van der Waals surface area contributed by atoms with Crippen LogP contribution in [0.4, 0.5) is 0 Å². The molecule has 0 amide bonds. The second-order valence-electron chi connectivity index (χ2n) is 11.4. The van der Waals surface area contributed by atoms with Crippen LogP contribution in [0.2, 0.25) is 5.02 Å². The molecule has 0 bridgehead atoms. The molecule has 0 fully saturated rings. The van der Waals surface area contributed by atoms with Crippen LogP contribution in [0.15, 0.2) is 111 Å². The monoisotopic (exact) mass is 754 g/mol. The lowest BCUT2D eigenvalue weighted by atomic mass is 9.93. The van der Waals surface area contributed by atoms with Crippen molar-refractivity contribution in [3.05, 3.63) is 149 Å². The van der Waals surface area contributed by atoms with Crippen molar-refractivity contribution in [1.82, 2.24) is 4.57 Å². The molecule has 12 heteroatoms. The molecule has 5 aromatic rings. The van der Waals surface area contributed by atoms with E-state index in [9.17, 15) is 14.4 Å². The lowest BCUT2D eigenvalue weighted by Gasteiger charge is -2.26. The summed E-state index contributed by atoms with van der Waals surface area (Å²) >= 11 is 9.56. The number of nitrogens with zero attached hydrogens (tertiary/aromatic N) is 2. The summed E-state index contributed by atoms with van der Waals surface area (Å²) in [5.74, 6) is -0.227. The van der Waals surface area contributed by atoms with Gasteiger partial charge < -0.3 is 18.9 Å². The van der Waals surface area contributed by atoms with Gasteiger partial charge in [-0.25, -0.2) is 14.6 Å². The molecular weight excluding hydrogens is 720 g/mol. The molecule has 0 saturated heterocycles. The number of fused-ring (bicyclic) bond motifs is 1. The number of halogens is 1. The Labute approximate surface area is 313 Å². The van der Waals surface area contributed by atoms with Crippen LogP contribution in [0.5, 0.6) is 11.5 Å². The van der Waals surface area contributed by atoms with Crippen LogP contribution in [0.25, 0.3) is 11.8 Å². The third kappa shape index (κ3) is 7.72. The van der Waals surface area contributed by atoms with Crippen LogP contribution in [-0.2, 0) is 20.9 Å². The van der Waals surface area contributed by atoms with Gasteiger partial charge in [-0.3, -0.25) is 9.36 Å². The lowest BCUT2D eigenvalue weighted by molar-refractivity contribution is -0.138. The van der Waals surface area contributed by atoms with Crippen LogP contribution in [0.3, 0.4) is 0 Å². The minimum absolute atomic E-state index is 0.164. The molecule has 0 spiro atoms. The Hall–Kier alpha value is -5.10. The molecule has 2 heterocycles. The van der Waals surface area contributed by atoms with E-state index in [-0.39, 0.29) is 35.3 Å². The van der Waals surface area contributed by atoms with Gasteiger partial charge in [0.1, 0.15) is 6.61 Å². The van der Waals surface area contributed by atoms with E-state index >= 15 is 0 Å². The first-order valence-electron chi connectivity index (χ1n) is 16.4. The quantitative estimate of drug-likeness (QED) is 0.0984. The Morgan fingerprint density at radius 2 is 1.63 bits per heavy atom. The van der Waals surface area contributed by atoms with E-state index in [2.05, 4.69) is 0 Å². The minimum atomic E-state index is -0.788. The van der Waals surface area contributed by atoms with Gasteiger partial charge in [0.25, 0.3) is 5.56 Å². The molecule has 4 aromatic carbocycles. The molecule has 0 unspecified atom stereocenters. The molecular formula is C40H35ClN2O7S2. The zero-order valence-electron chi connectivity index (χ0n) is 28.9. The van der Waals surface area contributed by atoms with E-state index in [1.165, 1.54) is 18.4 Å². The second-order valence-corrected chi connectivity index (χ2v) is 13.7. The molecule has 6 rings (SSSR count). The van der Waals surface area contributed by atoms with Gasteiger partial charge in [-0.05, 0) is 79.3 Å². The fourth-order valence-electron chi connectivity index (χ4n) is 5.76. The molecule has 9 nitrogen and oxygen atoms in total. The highest BCUT2D eigenvalue weighted by atomic mass is 35.5. The van der Waals surface area contributed by atoms with Gasteiger partial charge in [0, 0.05) is 10.5 Å². The van der Waals surface area contributed by atoms with Crippen molar-refractivity contribution in [2.24, 2.45) is 4.99 Å². The van der Waals surface area contributed by atoms with Gasteiger partial charge in [-0.2, -0.15) is 0 Å². The van der Waals surface area contributed by atoms with E-state index in [1.54, 1.807) is 72.7 Å². The van der Waals surface area contributed by atoms with Gasteiger partial charge in [0.05, 0.1) is 52.8 Å². The number of thiazole rings is 1. The number of carbonyl (C=O) groups excluding carboxylic acids is 2. The summed E-state index contributed by atoms with van der Waals surface area (Å²) in [6.07, 6.45) is 3.71. The third-order valence-electron chi connectivity index (χ3n) is 8.20. The Morgan fingerprint density at radius 3 is 2.29 bits per heavy atom. The van der Waals surface area contributed by atoms with Crippen molar-refractivity contribution in [2.45, 2.75) is 31.4 Å². The van der Waals surface area contributed by atoms with Gasteiger partial charge in [-0.1, -0.05) is 77.5 Å². The summed E-state index contributed by atoms with van der Waals surface area (Å²) in [6, 6.07) is 26.8. The number of aromatic nitrogens is 1. The van der Waals surface area contributed by atoms with Gasteiger partial charge in [-0.15, -0.1) is 11.8 Å². The van der Waals surface area contributed by atoms with Crippen LogP contribution in [-0.4, -0.2) is 43.1 Å². The zero-order chi connectivity index (χ0) is 36.8. The van der Waals surface area contributed by atoms with Gasteiger partial charge >= 0.3 is 11.9 Å². The summed E-state index contributed by atoms with van der Waals surface area (Å²) in [6.45, 7) is 4.13. The average Bonchev–Trinajstić information content (AvgIpc) is 3.47. The van der Waals surface area contributed by atoms with E-state index in [0.29, 0.717) is 44.3 Å². The Morgan fingerprint density at radius 1 is 0.942 bits per heavy atom. The fourth-order valence-corrected chi connectivity index (χ4v) is 7.45. The molecule has 0 saturated carbocycles. The number of carbonyl (C=O) groups is 2. The first kappa shape index (κ1) is 36.7. The molecule has 52 heavy (non-hydrogen) atoms. The summed E-state index contributed by atoms with van der Waals surface area (Å²) in [5.41, 5.74) is 3.76. The van der Waals surface area contributed by atoms with Crippen LogP contribution in [0, 0.1) is 0 Å². The van der Waals surface area contributed by atoms with E-state index < -0.39 is 12.0 Å². The maximum Gasteiger partial charge on any atom is 0.338 e. The Kier molecular flexibility index (Phi) is 11.6. The summed E-state index contributed by atoms with van der Waals surface area (Å²) in [4.78, 5) is 46.5. The zero-order valence-corrected chi connectivity index (χ0v) is 31.3. The maximum absolute atomic E-state index is 14.3. The Bertz CT molecular complexity index is 2320. The molecule has 1 aliphatic rings. The summed E-state index contributed by atoms with van der Waals surface area (Å²) < 4.78 is 24.3. The van der Waals surface area contributed by atoms with Crippen molar-refractivity contribution >= 4 is 58.4 Å². The van der Waals surface area contributed by atoms with Crippen molar-refractivity contribution in [3.63, 3.8) is 0 Å². The number of benzene rings is 4. The standard InChI is InChI=1S/C40H35ClN2O7S2/c1-5-48-38(45)28-14-12-24(13-15-28)23-50-36-30(41)20-25(21-31(36)47-3)22-32-37(44)43-35(27-16-18-29(51-4)19-17-27)33(39(46)49-6-2)34(42-40(43)52-32)26-10-8-7-9-11-26/h7-22,35H,5-6,23H2,1-4H3/b32-22-/t35-/m0/s1. The van der Waals surface area contributed by atoms with E-state index in [4.69, 9.17) is 35.5 Å². The van der Waals surface area contributed by atoms with Gasteiger partial charge in [0.2, 0.25) is 0 Å². The Balaban J connectivity index is 1.41. The van der Waals surface area contributed by atoms with Crippen LogP contribution >= 0.6 is 34.7 Å². The number of rotatable bonds is 12. The number of ether oxygens (including phenoxy) is 4. The van der Waals surface area contributed by atoms with Crippen molar-refractivity contribution in [1.29, 1.82) is 0 Å². The molecule has 1 aliphatic heterocycles. The largest absolute Gasteiger partial charge is 0.493 e. The van der Waals surface area contributed by atoms with Crippen molar-refractivity contribution < 1.29 is 28.5 Å². The van der Waals surface area contributed by atoms with Crippen LogP contribution in [0.1, 0.15) is 52.5 Å². The minimum Gasteiger partial charge on any atom is -0.493 e. The average molecular weight is 755 g/mol. The first-order chi connectivity index (χ1) is 25.3. The lowest BCUT2D eigenvalue weighted by Crippen LogP contribution is -2.40. The first-order valence-corrected chi connectivity index (χ1v) is 18.9. The predicted octanol–water partition coefficient (Wildman–Crippen LogP) is 7.08. The predicted molar refractivity (Wildman–Crippen MR) is 204 cm³/mol. The number of hydrogen-bond acceptors (Lipinski definition) is 10. The van der Waals surface area contributed by atoms with Crippen LogP contribution < -0.4 is 24.4 Å². The SMILES string of the molecule is CCOC(=O)C1=C(c2ccccc2)N=c2s/c(=C\c3cc(Cl)c(OCc4ccc(C(=O)OCC)cc4)c(OC)c3)c(=O)n2[C@H]1c1ccc(SC)cc1. The summed E-state index contributed by atoms with van der Waals surface area (Å²) in [5, 5.41) is 0.282. The maximum atomic E-state index is 14.3. The second kappa shape index (κ2) is 16.5. The molecule has 0 aliphatic carbocycles. The fraction of sp³-hybridized carbons (Fsp3) is 0.200. The normalized spacial score (nSPS) is 14.0. The molecule has 266 valence electrons. The van der Waals surface area contributed by atoms with Crippen molar-refractivity contribution in [2.75, 3.05) is 26.6 Å². The number of thioether (sulfide) groups is 1. The van der Waals surface area contributed by atoms with Crippen molar-refractivity contribution in [3.8, 4) is 11.5 Å². The number of methoxy groups -OCH3 is 1. The number of hydrogen-bond donors (Lipinski definition) is 0. The van der Waals surface area contributed by atoms with E-state index in [1.807, 2.05) is 60.9 Å². The summed E-state index contributed by atoms with van der Waals surface area (Å²) in [7, 11) is 1.51.